The van der Waals surface area contributed by atoms with E-state index in [2.05, 4.69) is 53.6 Å². The van der Waals surface area contributed by atoms with Gasteiger partial charge in [-0.15, -0.1) is 0 Å². The van der Waals surface area contributed by atoms with Crippen LogP contribution in [0.2, 0.25) is 0 Å². The monoisotopic (exact) mass is 271 g/mol. The molecule has 4 N–H and O–H groups in total. The lowest BCUT2D eigenvalue weighted by atomic mass is 10.1. The Kier molecular flexibility index (Phi) is 4.53. The van der Waals surface area contributed by atoms with E-state index in [9.17, 15) is 0 Å². The summed E-state index contributed by atoms with van der Waals surface area (Å²) in [6.07, 6.45) is 1.01. The third kappa shape index (κ3) is 3.45. The van der Waals surface area contributed by atoms with Gasteiger partial charge in [-0.1, -0.05) is 32.9 Å². The second-order valence-corrected chi connectivity index (χ2v) is 4.97. The Balaban J connectivity index is 2.29. The van der Waals surface area contributed by atoms with Crippen molar-refractivity contribution in [3.8, 4) is 0 Å². The molecule has 0 fully saturated rings. The van der Waals surface area contributed by atoms with Crippen molar-refractivity contribution < 1.29 is 0 Å². The van der Waals surface area contributed by atoms with Crippen molar-refractivity contribution in [1.82, 2.24) is 9.97 Å². The molecule has 0 bridgehead atoms. The first-order chi connectivity index (χ1) is 9.62. The van der Waals surface area contributed by atoms with Crippen LogP contribution in [0.5, 0.6) is 0 Å². The Morgan fingerprint density at radius 1 is 1.15 bits per heavy atom. The maximum absolute atomic E-state index is 5.46. The number of anilines is 3. The number of nitrogens with one attached hydrogen (secondary N) is 2. The number of nitrogens with zero attached hydrogens (tertiary/aromatic N) is 2. The van der Waals surface area contributed by atoms with Gasteiger partial charge < -0.3 is 10.7 Å². The first kappa shape index (κ1) is 14.3. The molecule has 0 unspecified atom stereocenters. The second kappa shape index (κ2) is 6.34. The van der Waals surface area contributed by atoms with E-state index in [1.165, 1.54) is 5.56 Å². The minimum absolute atomic E-state index is 0.242. The van der Waals surface area contributed by atoms with E-state index in [-0.39, 0.29) is 5.92 Å². The summed E-state index contributed by atoms with van der Waals surface area (Å²) in [4.78, 5) is 8.85. The molecule has 0 aliphatic carbocycles. The second-order valence-electron chi connectivity index (χ2n) is 4.97. The van der Waals surface area contributed by atoms with Gasteiger partial charge in [-0.05, 0) is 24.1 Å². The third-order valence-electron chi connectivity index (χ3n) is 3.02. The number of hydrogen-bond donors (Lipinski definition) is 3. The van der Waals surface area contributed by atoms with E-state index in [0.29, 0.717) is 5.82 Å². The number of hydrogen-bond acceptors (Lipinski definition) is 5. The van der Waals surface area contributed by atoms with Crippen molar-refractivity contribution in [2.75, 3.05) is 10.7 Å². The van der Waals surface area contributed by atoms with Gasteiger partial charge in [-0.3, -0.25) is 0 Å². The van der Waals surface area contributed by atoms with Gasteiger partial charge in [-0.25, -0.2) is 15.8 Å². The highest BCUT2D eigenvalue weighted by atomic mass is 15.3. The molecule has 0 atom stereocenters. The molecule has 0 aliphatic rings. The van der Waals surface area contributed by atoms with E-state index in [1.54, 1.807) is 6.07 Å². The normalized spacial score (nSPS) is 10.7. The average molecular weight is 271 g/mol. The molecular weight excluding hydrogens is 250 g/mol. The van der Waals surface area contributed by atoms with Crippen LogP contribution in [-0.4, -0.2) is 9.97 Å². The first-order valence-electron chi connectivity index (χ1n) is 6.84. The molecule has 1 aromatic carbocycles. The van der Waals surface area contributed by atoms with Crippen molar-refractivity contribution >= 4 is 17.3 Å². The lowest BCUT2D eigenvalue weighted by Gasteiger charge is -2.12. The van der Waals surface area contributed by atoms with Gasteiger partial charge in [0, 0.05) is 17.7 Å². The van der Waals surface area contributed by atoms with Gasteiger partial charge in [-0.2, -0.15) is 0 Å². The summed E-state index contributed by atoms with van der Waals surface area (Å²) in [5.41, 5.74) is 4.88. The van der Waals surface area contributed by atoms with Crippen LogP contribution in [0.25, 0.3) is 0 Å². The maximum Gasteiger partial charge on any atom is 0.145 e. The third-order valence-corrected chi connectivity index (χ3v) is 3.02. The van der Waals surface area contributed by atoms with Crippen LogP contribution in [0.4, 0.5) is 17.3 Å². The lowest BCUT2D eigenvalue weighted by Crippen LogP contribution is -2.12. The summed E-state index contributed by atoms with van der Waals surface area (Å²) >= 11 is 0. The molecule has 0 amide bonds. The number of rotatable bonds is 5. The summed E-state index contributed by atoms with van der Waals surface area (Å²) in [6.45, 7) is 6.24. The van der Waals surface area contributed by atoms with Crippen molar-refractivity contribution in [3.05, 3.63) is 41.7 Å². The van der Waals surface area contributed by atoms with Gasteiger partial charge in [0.15, 0.2) is 0 Å². The number of nitrogen functional groups attached to an aromatic ring is 1. The highest BCUT2D eigenvalue weighted by Crippen LogP contribution is 2.21. The van der Waals surface area contributed by atoms with Crippen molar-refractivity contribution in [1.29, 1.82) is 0 Å². The molecule has 106 valence electrons. The largest absolute Gasteiger partial charge is 0.340 e. The predicted molar refractivity (Wildman–Crippen MR) is 83.0 cm³/mol. The van der Waals surface area contributed by atoms with E-state index < -0.39 is 0 Å². The standard InChI is InChI=1S/C15H21N5/c1-4-11-6-5-7-12(8-11)17-13-9-14(20-16)19-15(18-13)10(2)3/h5-10H,4,16H2,1-3H3,(H2,17,18,19,20). The molecule has 1 heterocycles. The summed E-state index contributed by atoms with van der Waals surface area (Å²) in [5, 5.41) is 3.30. The highest BCUT2D eigenvalue weighted by Gasteiger charge is 2.08. The fraction of sp³-hybridized carbons (Fsp3) is 0.333. The minimum Gasteiger partial charge on any atom is -0.340 e. The van der Waals surface area contributed by atoms with Crippen LogP contribution in [0.1, 0.15) is 38.1 Å². The quantitative estimate of drug-likeness (QED) is 0.575. The van der Waals surface area contributed by atoms with E-state index in [0.717, 1.165) is 23.8 Å². The zero-order valence-corrected chi connectivity index (χ0v) is 12.1. The molecule has 5 nitrogen and oxygen atoms in total. The molecule has 0 radical (unpaired) electrons. The van der Waals surface area contributed by atoms with Crippen LogP contribution >= 0.6 is 0 Å². The molecule has 0 spiro atoms. The summed E-state index contributed by atoms with van der Waals surface area (Å²) < 4.78 is 0. The fourth-order valence-electron chi connectivity index (χ4n) is 1.88. The van der Waals surface area contributed by atoms with Crippen LogP contribution in [0.3, 0.4) is 0 Å². The van der Waals surface area contributed by atoms with E-state index >= 15 is 0 Å². The fourth-order valence-corrected chi connectivity index (χ4v) is 1.88. The molecule has 2 aromatic rings. The van der Waals surface area contributed by atoms with E-state index in [1.807, 2.05) is 12.1 Å². The van der Waals surface area contributed by atoms with Crippen molar-refractivity contribution in [3.63, 3.8) is 0 Å². The highest BCUT2D eigenvalue weighted by molar-refractivity contribution is 5.59. The van der Waals surface area contributed by atoms with Gasteiger partial charge in [0.1, 0.15) is 17.5 Å². The zero-order valence-electron chi connectivity index (χ0n) is 12.1. The minimum atomic E-state index is 0.242. The van der Waals surface area contributed by atoms with Crippen LogP contribution in [-0.2, 0) is 6.42 Å². The molecule has 0 saturated carbocycles. The van der Waals surface area contributed by atoms with Crippen molar-refractivity contribution in [2.45, 2.75) is 33.1 Å². The Bertz CT molecular complexity index is 580. The SMILES string of the molecule is CCc1cccc(Nc2cc(NN)nc(C(C)C)n2)c1. The Morgan fingerprint density at radius 2 is 1.90 bits per heavy atom. The number of nitrogens with two attached hydrogens (primary N) is 1. The Labute approximate surface area is 119 Å². The number of hydrazine groups is 1. The molecule has 0 saturated heterocycles. The lowest BCUT2D eigenvalue weighted by molar-refractivity contribution is 0.777. The molecule has 5 heteroatoms. The van der Waals surface area contributed by atoms with Gasteiger partial charge in [0.2, 0.25) is 0 Å². The molecule has 20 heavy (non-hydrogen) atoms. The maximum atomic E-state index is 5.46. The van der Waals surface area contributed by atoms with Crippen LogP contribution in [0, 0.1) is 0 Å². The van der Waals surface area contributed by atoms with Crippen molar-refractivity contribution in [2.24, 2.45) is 5.84 Å². The average Bonchev–Trinajstić information content (AvgIpc) is 2.47. The van der Waals surface area contributed by atoms with Gasteiger partial charge in [0.25, 0.3) is 0 Å². The van der Waals surface area contributed by atoms with Crippen LogP contribution < -0.4 is 16.6 Å². The zero-order chi connectivity index (χ0) is 14.5. The summed E-state index contributed by atoms with van der Waals surface area (Å²) in [7, 11) is 0. The predicted octanol–water partition coefficient (Wildman–Crippen LogP) is 3.19. The molecule has 1 aromatic heterocycles. The molecule has 0 aliphatic heterocycles. The Morgan fingerprint density at radius 3 is 2.55 bits per heavy atom. The molecular formula is C15H21N5. The number of aromatic nitrogens is 2. The summed E-state index contributed by atoms with van der Waals surface area (Å²) in [5.74, 6) is 7.81. The number of benzene rings is 1. The smallest absolute Gasteiger partial charge is 0.145 e. The van der Waals surface area contributed by atoms with Crippen LogP contribution in [0.15, 0.2) is 30.3 Å². The topological polar surface area (TPSA) is 75.9 Å². The summed E-state index contributed by atoms with van der Waals surface area (Å²) in [6, 6.07) is 10.1. The van der Waals surface area contributed by atoms with Gasteiger partial charge >= 0.3 is 0 Å². The number of aryl methyl sites for hydroxylation is 1. The Hall–Kier alpha value is -2.14. The van der Waals surface area contributed by atoms with E-state index in [4.69, 9.17) is 5.84 Å². The first-order valence-corrected chi connectivity index (χ1v) is 6.84. The molecule has 2 rings (SSSR count). The van der Waals surface area contributed by atoms with Gasteiger partial charge in [0.05, 0.1) is 0 Å².